The van der Waals surface area contributed by atoms with Crippen molar-refractivity contribution >= 4 is 35.1 Å². The summed E-state index contributed by atoms with van der Waals surface area (Å²) in [7, 11) is 0. The van der Waals surface area contributed by atoms with Crippen molar-refractivity contribution < 1.29 is 4.79 Å². The van der Waals surface area contributed by atoms with E-state index in [4.69, 9.17) is 11.6 Å². The lowest BCUT2D eigenvalue weighted by molar-refractivity contribution is -0.117. The molecule has 2 aromatic rings. The molecule has 2 aromatic heterocycles. The number of halogens is 1. The summed E-state index contributed by atoms with van der Waals surface area (Å²) in [6, 6.07) is 3.35. The van der Waals surface area contributed by atoms with E-state index < -0.39 is 5.38 Å². The molecule has 3 atom stereocenters. The molecular weight excluding hydrogens is 328 g/mol. The summed E-state index contributed by atoms with van der Waals surface area (Å²) in [6.45, 7) is 3.61. The van der Waals surface area contributed by atoms with Gasteiger partial charge in [0.25, 0.3) is 5.91 Å². The van der Waals surface area contributed by atoms with E-state index in [2.05, 4.69) is 24.8 Å². The van der Waals surface area contributed by atoms with Gasteiger partial charge in [-0.05, 0) is 31.2 Å². The van der Waals surface area contributed by atoms with E-state index in [9.17, 15) is 4.79 Å². The molecule has 0 N–H and O–H groups in total. The van der Waals surface area contributed by atoms with Gasteiger partial charge in [-0.3, -0.25) is 4.79 Å². The molecule has 7 nitrogen and oxygen atoms in total. The first-order valence-electron chi connectivity index (χ1n) is 7.95. The normalized spacial score (nSPS) is 22.8. The number of hydrogen-bond acceptors (Lipinski definition) is 6. The van der Waals surface area contributed by atoms with Crippen molar-refractivity contribution in [3.8, 4) is 0 Å². The molecule has 3 unspecified atom stereocenters. The lowest BCUT2D eigenvalue weighted by Gasteiger charge is -2.24. The highest BCUT2D eigenvalue weighted by atomic mass is 35.5. The molecule has 1 aliphatic carbocycles. The van der Waals surface area contributed by atoms with Crippen LogP contribution >= 0.6 is 11.6 Å². The quantitative estimate of drug-likeness (QED) is 0.790. The topological polar surface area (TPSA) is 75.1 Å². The van der Waals surface area contributed by atoms with Crippen molar-refractivity contribution in [2.24, 2.45) is 11.8 Å². The summed E-state index contributed by atoms with van der Waals surface area (Å²) in [5, 5.41) is -0.696. The Balaban J connectivity index is 1.68. The van der Waals surface area contributed by atoms with Gasteiger partial charge in [-0.25, -0.2) is 19.9 Å². The number of piperidine rings is 1. The minimum Gasteiger partial charge on any atom is -0.340 e. The van der Waals surface area contributed by atoms with Crippen LogP contribution in [-0.2, 0) is 4.79 Å². The van der Waals surface area contributed by atoms with E-state index >= 15 is 0 Å². The number of nitrogens with zero attached hydrogens (tertiary/aromatic N) is 6. The summed E-state index contributed by atoms with van der Waals surface area (Å²) < 4.78 is 0. The molecule has 1 aliphatic heterocycles. The molecule has 0 spiro atoms. The molecule has 4 rings (SSSR count). The van der Waals surface area contributed by atoms with Crippen LogP contribution in [0.1, 0.15) is 13.3 Å². The largest absolute Gasteiger partial charge is 0.340 e. The number of hydrogen-bond donors (Lipinski definition) is 0. The van der Waals surface area contributed by atoms with Gasteiger partial charge in [-0.2, -0.15) is 4.98 Å². The van der Waals surface area contributed by atoms with Crippen molar-refractivity contribution in [3.63, 3.8) is 0 Å². The molecule has 0 aromatic carbocycles. The Morgan fingerprint density at radius 1 is 1.25 bits per heavy atom. The van der Waals surface area contributed by atoms with Crippen molar-refractivity contribution in [2.75, 3.05) is 22.9 Å². The standard InChI is InChI=1S/C16H17ClN6O/c1-10(17)15(24)23(13-2-4-18-9-20-13)14-3-5-19-16(21-14)22-7-11-6-12(11)8-22/h2-5,9-12H,6-8H2,1H3. The third kappa shape index (κ3) is 2.80. The number of alkyl halides is 1. The maximum atomic E-state index is 12.6. The van der Waals surface area contributed by atoms with Crippen molar-refractivity contribution in [1.29, 1.82) is 0 Å². The maximum Gasteiger partial charge on any atom is 0.251 e. The predicted octanol–water partition coefficient (Wildman–Crippen LogP) is 2.01. The van der Waals surface area contributed by atoms with E-state index in [1.54, 1.807) is 31.5 Å². The fraction of sp³-hybridized carbons (Fsp3) is 0.438. The van der Waals surface area contributed by atoms with Gasteiger partial charge in [-0.15, -0.1) is 11.6 Å². The number of carbonyl (C=O) groups excluding carboxylic acids is 1. The van der Waals surface area contributed by atoms with Crippen LogP contribution in [0, 0.1) is 11.8 Å². The average molecular weight is 345 g/mol. The van der Waals surface area contributed by atoms with Gasteiger partial charge in [0.2, 0.25) is 5.95 Å². The van der Waals surface area contributed by atoms with Crippen LogP contribution in [0.25, 0.3) is 0 Å². The number of anilines is 3. The molecule has 3 heterocycles. The van der Waals surface area contributed by atoms with Gasteiger partial charge in [-0.1, -0.05) is 0 Å². The zero-order valence-corrected chi connectivity index (χ0v) is 14.0. The molecule has 24 heavy (non-hydrogen) atoms. The molecule has 124 valence electrons. The van der Waals surface area contributed by atoms with Crippen molar-refractivity contribution in [2.45, 2.75) is 18.7 Å². The van der Waals surface area contributed by atoms with Gasteiger partial charge in [0.1, 0.15) is 23.3 Å². The summed E-state index contributed by atoms with van der Waals surface area (Å²) in [5.74, 6) is 2.82. The molecule has 2 aliphatic rings. The highest BCUT2D eigenvalue weighted by Crippen LogP contribution is 2.45. The Hall–Kier alpha value is -2.28. The summed E-state index contributed by atoms with van der Waals surface area (Å²) >= 11 is 6.03. The Kier molecular flexibility index (Phi) is 3.80. The molecule has 0 radical (unpaired) electrons. The number of carbonyl (C=O) groups is 1. The van der Waals surface area contributed by atoms with Crippen molar-refractivity contribution in [1.82, 2.24) is 19.9 Å². The summed E-state index contributed by atoms with van der Waals surface area (Å²) in [5.41, 5.74) is 0. The summed E-state index contributed by atoms with van der Waals surface area (Å²) in [6.07, 6.45) is 5.95. The minimum atomic E-state index is -0.696. The first kappa shape index (κ1) is 15.3. The van der Waals surface area contributed by atoms with E-state index in [0.29, 0.717) is 17.6 Å². The number of amides is 1. The van der Waals surface area contributed by atoms with Crippen LogP contribution in [0.5, 0.6) is 0 Å². The second-order valence-electron chi connectivity index (χ2n) is 6.23. The lowest BCUT2D eigenvalue weighted by Crippen LogP contribution is -2.33. The smallest absolute Gasteiger partial charge is 0.251 e. The Bertz CT molecular complexity index is 745. The lowest BCUT2D eigenvalue weighted by atomic mass is 10.3. The predicted molar refractivity (Wildman–Crippen MR) is 90.3 cm³/mol. The maximum absolute atomic E-state index is 12.6. The van der Waals surface area contributed by atoms with Crippen molar-refractivity contribution in [3.05, 3.63) is 30.9 Å². The van der Waals surface area contributed by atoms with Crippen LogP contribution in [-0.4, -0.2) is 44.3 Å². The van der Waals surface area contributed by atoms with Gasteiger partial charge in [0.05, 0.1) is 0 Å². The first-order valence-corrected chi connectivity index (χ1v) is 8.39. The first-order chi connectivity index (χ1) is 11.6. The fourth-order valence-electron chi connectivity index (χ4n) is 3.11. The highest BCUT2D eigenvalue weighted by molar-refractivity contribution is 6.33. The van der Waals surface area contributed by atoms with Crippen LogP contribution in [0.3, 0.4) is 0 Å². The van der Waals surface area contributed by atoms with Crippen LogP contribution < -0.4 is 9.80 Å². The Morgan fingerprint density at radius 2 is 2.00 bits per heavy atom. The molecule has 1 saturated carbocycles. The highest BCUT2D eigenvalue weighted by Gasteiger charge is 2.45. The SMILES string of the molecule is CC(Cl)C(=O)N(c1ccncn1)c1ccnc(N2CC3CC3C2)n1. The fourth-order valence-corrected chi connectivity index (χ4v) is 3.21. The van der Waals surface area contributed by atoms with Crippen LogP contribution in [0.4, 0.5) is 17.6 Å². The van der Waals surface area contributed by atoms with Gasteiger partial charge >= 0.3 is 0 Å². The minimum absolute atomic E-state index is 0.288. The molecular formula is C16H17ClN6O. The van der Waals surface area contributed by atoms with Crippen LogP contribution in [0.15, 0.2) is 30.9 Å². The van der Waals surface area contributed by atoms with E-state index in [1.165, 1.54) is 17.6 Å². The average Bonchev–Trinajstić information content (AvgIpc) is 3.22. The van der Waals surface area contributed by atoms with Gasteiger partial charge in [0.15, 0.2) is 0 Å². The number of rotatable bonds is 4. The van der Waals surface area contributed by atoms with E-state index in [-0.39, 0.29) is 5.91 Å². The Morgan fingerprint density at radius 3 is 2.67 bits per heavy atom. The molecule has 1 saturated heterocycles. The Labute approximate surface area is 144 Å². The molecule has 1 amide bonds. The number of fused-ring (bicyclic) bond motifs is 1. The zero-order chi connectivity index (χ0) is 16.7. The number of aromatic nitrogens is 4. The van der Waals surface area contributed by atoms with E-state index in [1.807, 2.05) is 0 Å². The third-order valence-electron chi connectivity index (χ3n) is 4.48. The zero-order valence-electron chi connectivity index (χ0n) is 13.2. The van der Waals surface area contributed by atoms with Crippen LogP contribution in [0.2, 0.25) is 0 Å². The van der Waals surface area contributed by atoms with Gasteiger partial charge < -0.3 is 4.90 Å². The summed E-state index contributed by atoms with van der Waals surface area (Å²) in [4.78, 5) is 33.2. The monoisotopic (exact) mass is 344 g/mol. The third-order valence-corrected chi connectivity index (χ3v) is 4.66. The molecule has 8 heteroatoms. The van der Waals surface area contributed by atoms with E-state index in [0.717, 1.165) is 24.9 Å². The second-order valence-corrected chi connectivity index (χ2v) is 6.89. The van der Waals surface area contributed by atoms with Gasteiger partial charge in [0, 0.05) is 31.5 Å². The second kappa shape index (κ2) is 5.98. The molecule has 2 fully saturated rings. The molecule has 0 bridgehead atoms.